The Labute approximate surface area is 118 Å². The molecule has 1 N–H and O–H groups in total. The molecule has 0 aliphatic carbocycles. The molecule has 0 bridgehead atoms. The summed E-state index contributed by atoms with van der Waals surface area (Å²) in [5.74, 6) is -1.58. The number of carboxylic acids is 1. The first-order valence-corrected chi connectivity index (χ1v) is 6.10. The molecule has 0 aliphatic heterocycles. The van der Waals surface area contributed by atoms with Gasteiger partial charge < -0.3 is 5.11 Å². The van der Waals surface area contributed by atoms with E-state index in [4.69, 9.17) is 11.6 Å². The fourth-order valence-corrected chi connectivity index (χ4v) is 2.24. The maximum Gasteiger partial charge on any atom is 0.337 e. The van der Waals surface area contributed by atoms with Crippen molar-refractivity contribution < 1.29 is 14.3 Å². The van der Waals surface area contributed by atoms with E-state index in [1.165, 1.54) is 30.6 Å². The topological polar surface area (TPSA) is 55.1 Å². The third kappa shape index (κ3) is 1.92. The van der Waals surface area contributed by atoms with Crippen molar-refractivity contribution in [1.29, 1.82) is 0 Å². The van der Waals surface area contributed by atoms with Crippen molar-refractivity contribution in [2.75, 3.05) is 0 Å². The van der Waals surface area contributed by atoms with Crippen LogP contribution >= 0.6 is 11.6 Å². The second kappa shape index (κ2) is 4.61. The zero-order valence-electron chi connectivity index (χ0n) is 10.0. The highest BCUT2D eigenvalue weighted by atomic mass is 35.5. The lowest BCUT2D eigenvalue weighted by Crippen LogP contribution is -2.01. The number of imidazole rings is 1. The van der Waals surface area contributed by atoms with Crippen LogP contribution in [-0.4, -0.2) is 20.6 Å². The van der Waals surface area contributed by atoms with Crippen LogP contribution in [0, 0.1) is 5.82 Å². The molecule has 0 unspecified atom stereocenters. The number of carboxylic acid groups (broad SMARTS) is 1. The number of hydrogen-bond acceptors (Lipinski definition) is 2. The maximum atomic E-state index is 13.2. The molecule has 0 fully saturated rings. The number of hydrogen-bond donors (Lipinski definition) is 1. The van der Waals surface area contributed by atoms with E-state index in [0.29, 0.717) is 16.7 Å². The molecule has 4 nitrogen and oxygen atoms in total. The molecule has 20 heavy (non-hydrogen) atoms. The van der Waals surface area contributed by atoms with Crippen molar-refractivity contribution in [1.82, 2.24) is 9.55 Å². The molecule has 100 valence electrons. The zero-order valence-corrected chi connectivity index (χ0v) is 10.8. The fraction of sp³-hybridized carbons (Fsp3) is 0. The molecule has 0 spiro atoms. The minimum absolute atomic E-state index is 0.0304. The van der Waals surface area contributed by atoms with Crippen LogP contribution in [-0.2, 0) is 0 Å². The van der Waals surface area contributed by atoms with E-state index in [1.54, 1.807) is 16.7 Å². The first-order chi connectivity index (χ1) is 9.58. The molecule has 0 atom stereocenters. The molecule has 6 heteroatoms. The highest BCUT2D eigenvalue weighted by Gasteiger charge is 2.14. The van der Waals surface area contributed by atoms with Crippen molar-refractivity contribution in [3.05, 3.63) is 59.1 Å². The predicted molar refractivity (Wildman–Crippen MR) is 73.0 cm³/mol. The van der Waals surface area contributed by atoms with Gasteiger partial charge in [-0.2, -0.15) is 0 Å². The van der Waals surface area contributed by atoms with Gasteiger partial charge in [0.25, 0.3) is 0 Å². The molecular formula is C14H8ClFN2O2. The Bertz CT molecular complexity index is 829. The number of aromatic carboxylic acids is 1. The SMILES string of the molecule is O=C(O)c1cccc2ncn(-c3ccc(F)c(Cl)c3)c12. The predicted octanol–water partition coefficient (Wildman–Crippen LogP) is 3.52. The monoisotopic (exact) mass is 290 g/mol. The van der Waals surface area contributed by atoms with Gasteiger partial charge in [0.15, 0.2) is 0 Å². The van der Waals surface area contributed by atoms with E-state index in [1.807, 2.05) is 0 Å². The summed E-state index contributed by atoms with van der Waals surface area (Å²) in [5.41, 5.74) is 1.67. The van der Waals surface area contributed by atoms with Gasteiger partial charge in [-0.05, 0) is 30.3 Å². The van der Waals surface area contributed by atoms with Crippen LogP contribution in [0.25, 0.3) is 16.7 Å². The number of fused-ring (bicyclic) bond motifs is 1. The molecule has 0 saturated carbocycles. The number of aromatic nitrogens is 2. The number of benzene rings is 2. The molecular weight excluding hydrogens is 283 g/mol. The third-order valence-electron chi connectivity index (χ3n) is 2.98. The average Bonchev–Trinajstić information content (AvgIpc) is 2.85. The van der Waals surface area contributed by atoms with E-state index >= 15 is 0 Å². The molecule has 0 aliphatic rings. The van der Waals surface area contributed by atoms with Crippen LogP contribution in [0.3, 0.4) is 0 Å². The summed E-state index contributed by atoms with van der Waals surface area (Å²) in [4.78, 5) is 15.4. The van der Waals surface area contributed by atoms with Gasteiger partial charge in [0.1, 0.15) is 12.1 Å². The Balaban J connectivity index is 2.31. The van der Waals surface area contributed by atoms with Crippen LogP contribution in [0.1, 0.15) is 10.4 Å². The van der Waals surface area contributed by atoms with Crippen molar-refractivity contribution in [2.24, 2.45) is 0 Å². The Morgan fingerprint density at radius 1 is 1.30 bits per heavy atom. The summed E-state index contributed by atoms with van der Waals surface area (Å²) < 4.78 is 14.8. The Hall–Kier alpha value is -2.40. The number of rotatable bonds is 2. The Kier molecular flexibility index (Phi) is 2.91. The summed E-state index contributed by atoms with van der Waals surface area (Å²) >= 11 is 5.76. The van der Waals surface area contributed by atoms with Crippen molar-refractivity contribution in [3.63, 3.8) is 0 Å². The first-order valence-electron chi connectivity index (χ1n) is 5.72. The molecule has 3 aromatic rings. The molecule has 1 heterocycles. The fourth-order valence-electron chi connectivity index (χ4n) is 2.07. The third-order valence-corrected chi connectivity index (χ3v) is 3.27. The van der Waals surface area contributed by atoms with Crippen molar-refractivity contribution >= 4 is 28.6 Å². The lowest BCUT2D eigenvalue weighted by molar-refractivity contribution is 0.0698. The number of nitrogens with zero attached hydrogens (tertiary/aromatic N) is 2. The van der Waals surface area contributed by atoms with Crippen LogP contribution < -0.4 is 0 Å². The largest absolute Gasteiger partial charge is 0.478 e. The van der Waals surface area contributed by atoms with Gasteiger partial charge in [-0.1, -0.05) is 17.7 Å². The Morgan fingerprint density at radius 3 is 2.80 bits per heavy atom. The summed E-state index contributed by atoms with van der Waals surface area (Å²) in [7, 11) is 0. The average molecular weight is 291 g/mol. The maximum absolute atomic E-state index is 13.2. The smallest absolute Gasteiger partial charge is 0.337 e. The van der Waals surface area contributed by atoms with Gasteiger partial charge in [-0.3, -0.25) is 4.57 Å². The van der Waals surface area contributed by atoms with Crippen molar-refractivity contribution in [3.8, 4) is 5.69 Å². The molecule has 3 rings (SSSR count). The van der Waals surface area contributed by atoms with E-state index in [9.17, 15) is 14.3 Å². The minimum atomic E-state index is -1.05. The van der Waals surface area contributed by atoms with Crippen LogP contribution in [0.5, 0.6) is 0 Å². The molecule has 0 radical (unpaired) electrons. The van der Waals surface area contributed by atoms with Crippen LogP contribution in [0.4, 0.5) is 4.39 Å². The van der Waals surface area contributed by atoms with Gasteiger partial charge in [-0.25, -0.2) is 14.2 Å². The highest BCUT2D eigenvalue weighted by Crippen LogP contribution is 2.25. The normalized spacial score (nSPS) is 10.9. The van der Waals surface area contributed by atoms with E-state index in [0.717, 1.165) is 0 Å². The van der Waals surface area contributed by atoms with Gasteiger partial charge in [0.2, 0.25) is 0 Å². The lowest BCUT2D eigenvalue weighted by Gasteiger charge is -2.07. The lowest BCUT2D eigenvalue weighted by atomic mass is 10.2. The van der Waals surface area contributed by atoms with Gasteiger partial charge >= 0.3 is 5.97 Å². The summed E-state index contributed by atoms with van der Waals surface area (Å²) in [6.07, 6.45) is 1.49. The molecule has 2 aromatic carbocycles. The zero-order chi connectivity index (χ0) is 14.3. The standard InChI is InChI=1S/C14H8ClFN2O2/c15-10-6-8(4-5-11(10)16)18-7-17-12-3-1-2-9(13(12)18)14(19)20/h1-7H,(H,19,20). The van der Waals surface area contributed by atoms with Gasteiger partial charge in [-0.15, -0.1) is 0 Å². The number of halogens is 2. The van der Waals surface area contributed by atoms with Crippen LogP contribution in [0.15, 0.2) is 42.7 Å². The van der Waals surface area contributed by atoms with Gasteiger partial charge in [0, 0.05) is 5.69 Å². The number of para-hydroxylation sites is 1. The second-order valence-electron chi connectivity index (χ2n) is 4.19. The van der Waals surface area contributed by atoms with E-state index in [2.05, 4.69) is 4.98 Å². The van der Waals surface area contributed by atoms with Gasteiger partial charge in [0.05, 0.1) is 21.6 Å². The first kappa shape index (κ1) is 12.6. The summed E-state index contributed by atoms with van der Waals surface area (Å²) in [6.45, 7) is 0. The van der Waals surface area contributed by atoms with E-state index < -0.39 is 11.8 Å². The summed E-state index contributed by atoms with van der Waals surface area (Å²) in [6, 6.07) is 9.00. The molecule has 1 aromatic heterocycles. The van der Waals surface area contributed by atoms with E-state index in [-0.39, 0.29) is 10.6 Å². The quantitative estimate of drug-likeness (QED) is 0.785. The molecule has 0 saturated heterocycles. The summed E-state index contributed by atoms with van der Waals surface area (Å²) in [5, 5.41) is 9.21. The second-order valence-corrected chi connectivity index (χ2v) is 4.60. The Morgan fingerprint density at radius 2 is 2.10 bits per heavy atom. The van der Waals surface area contributed by atoms with Crippen molar-refractivity contribution in [2.45, 2.75) is 0 Å². The molecule has 0 amide bonds. The van der Waals surface area contributed by atoms with Crippen LogP contribution in [0.2, 0.25) is 5.02 Å². The minimum Gasteiger partial charge on any atom is -0.478 e. The highest BCUT2D eigenvalue weighted by molar-refractivity contribution is 6.30. The number of carbonyl (C=O) groups is 1.